The number of benzene rings is 1. The molecule has 4 nitrogen and oxygen atoms in total. The number of likely N-dealkylation sites (N-methyl/N-ethyl adjacent to an activating group) is 1. The molecule has 0 saturated carbocycles. The molecule has 0 fully saturated rings. The molecular weight excluding hydrogens is 252 g/mol. The molecule has 0 atom stereocenters. The van der Waals surface area contributed by atoms with Gasteiger partial charge in [-0.25, -0.2) is 4.79 Å². The predicted molar refractivity (Wildman–Crippen MR) is 73.4 cm³/mol. The number of hydrogen-bond acceptors (Lipinski definition) is 3. The van der Waals surface area contributed by atoms with Gasteiger partial charge in [0.2, 0.25) is 0 Å². The zero-order valence-corrected chi connectivity index (χ0v) is 11.4. The molecule has 5 heteroatoms. The maximum Gasteiger partial charge on any atom is 0.419 e. The van der Waals surface area contributed by atoms with Crippen LogP contribution in [0.5, 0.6) is 0 Å². The Bertz CT molecular complexity index is 588. The van der Waals surface area contributed by atoms with Crippen molar-refractivity contribution in [3.05, 3.63) is 34.3 Å². The van der Waals surface area contributed by atoms with E-state index >= 15 is 0 Å². The predicted octanol–water partition coefficient (Wildman–Crippen LogP) is 1.84. The van der Waals surface area contributed by atoms with E-state index in [0.717, 1.165) is 25.0 Å². The number of nitrogens with zero attached hydrogens (tertiary/aromatic N) is 2. The summed E-state index contributed by atoms with van der Waals surface area (Å²) in [5.41, 5.74) is 2.65. The van der Waals surface area contributed by atoms with Crippen LogP contribution in [-0.2, 0) is 13.5 Å². The van der Waals surface area contributed by atoms with Gasteiger partial charge in [0.1, 0.15) is 0 Å². The van der Waals surface area contributed by atoms with Gasteiger partial charge in [-0.15, -0.1) is 11.6 Å². The largest absolute Gasteiger partial charge is 0.419 e. The number of oxazole rings is 1. The molecule has 1 aromatic heterocycles. The van der Waals surface area contributed by atoms with Crippen LogP contribution in [0.25, 0.3) is 11.1 Å². The Balaban J connectivity index is 2.13. The second-order valence-electron chi connectivity index (χ2n) is 4.47. The fourth-order valence-corrected chi connectivity index (χ4v) is 2.20. The van der Waals surface area contributed by atoms with Crippen molar-refractivity contribution in [1.29, 1.82) is 0 Å². The van der Waals surface area contributed by atoms with Crippen LogP contribution in [0.1, 0.15) is 5.56 Å². The summed E-state index contributed by atoms with van der Waals surface area (Å²) in [5, 5.41) is 0. The first-order chi connectivity index (χ1) is 8.61. The van der Waals surface area contributed by atoms with Crippen molar-refractivity contribution in [2.24, 2.45) is 7.05 Å². The van der Waals surface area contributed by atoms with Gasteiger partial charge in [-0.05, 0) is 31.2 Å². The standard InChI is InChI=1S/C13H17ClN2O2/c1-15(8-6-14)7-5-10-3-4-11-12(9-10)18-13(17)16(11)2/h3-4,9H,5-8H2,1-2H3. The third kappa shape index (κ3) is 2.76. The Hall–Kier alpha value is -1.26. The van der Waals surface area contributed by atoms with Crippen molar-refractivity contribution in [1.82, 2.24) is 9.47 Å². The molecule has 1 heterocycles. The molecule has 0 bridgehead atoms. The number of aryl methyl sites for hydroxylation is 1. The lowest BCUT2D eigenvalue weighted by molar-refractivity contribution is 0.359. The molecular formula is C13H17ClN2O2. The van der Waals surface area contributed by atoms with Gasteiger partial charge in [-0.2, -0.15) is 0 Å². The van der Waals surface area contributed by atoms with Gasteiger partial charge < -0.3 is 9.32 Å². The van der Waals surface area contributed by atoms with Crippen LogP contribution in [0.3, 0.4) is 0 Å². The molecule has 1 aromatic carbocycles. The summed E-state index contributed by atoms with van der Waals surface area (Å²) in [6.45, 7) is 1.82. The van der Waals surface area contributed by atoms with Gasteiger partial charge in [0.05, 0.1) is 5.52 Å². The van der Waals surface area contributed by atoms with E-state index in [-0.39, 0.29) is 5.76 Å². The van der Waals surface area contributed by atoms with Gasteiger partial charge in [-0.3, -0.25) is 4.57 Å². The topological polar surface area (TPSA) is 38.4 Å². The van der Waals surface area contributed by atoms with Crippen LogP contribution in [0.4, 0.5) is 0 Å². The summed E-state index contributed by atoms with van der Waals surface area (Å²) < 4.78 is 6.68. The average Bonchev–Trinajstić information content (AvgIpc) is 2.63. The summed E-state index contributed by atoms with van der Waals surface area (Å²) in [7, 11) is 3.76. The van der Waals surface area contributed by atoms with E-state index in [9.17, 15) is 4.79 Å². The molecule has 0 unspecified atom stereocenters. The van der Waals surface area contributed by atoms with Gasteiger partial charge in [0.25, 0.3) is 0 Å². The molecule has 2 rings (SSSR count). The average molecular weight is 269 g/mol. The van der Waals surface area contributed by atoms with Gasteiger partial charge in [0.15, 0.2) is 5.58 Å². The Morgan fingerprint density at radius 1 is 1.39 bits per heavy atom. The minimum Gasteiger partial charge on any atom is -0.408 e. The summed E-state index contributed by atoms with van der Waals surface area (Å²) in [6, 6.07) is 5.90. The Morgan fingerprint density at radius 2 is 2.17 bits per heavy atom. The summed E-state index contributed by atoms with van der Waals surface area (Å²) in [5.74, 6) is 0.324. The maximum atomic E-state index is 11.4. The van der Waals surface area contributed by atoms with Crippen LogP contribution >= 0.6 is 11.6 Å². The van der Waals surface area contributed by atoms with E-state index in [2.05, 4.69) is 4.90 Å². The second-order valence-corrected chi connectivity index (χ2v) is 4.85. The van der Waals surface area contributed by atoms with Crippen LogP contribution in [0, 0.1) is 0 Å². The molecule has 0 aliphatic heterocycles. The lowest BCUT2D eigenvalue weighted by atomic mass is 10.1. The molecule has 0 spiro atoms. The van der Waals surface area contributed by atoms with E-state index in [4.69, 9.17) is 16.0 Å². The van der Waals surface area contributed by atoms with Gasteiger partial charge >= 0.3 is 5.76 Å². The zero-order chi connectivity index (χ0) is 13.1. The number of hydrogen-bond donors (Lipinski definition) is 0. The van der Waals surface area contributed by atoms with Gasteiger partial charge in [-0.1, -0.05) is 6.07 Å². The Morgan fingerprint density at radius 3 is 2.89 bits per heavy atom. The first kappa shape index (κ1) is 13.2. The molecule has 0 amide bonds. The Labute approximate surface area is 111 Å². The first-order valence-electron chi connectivity index (χ1n) is 5.95. The second kappa shape index (κ2) is 5.59. The molecule has 0 aliphatic rings. The van der Waals surface area contributed by atoms with Crippen molar-refractivity contribution in [2.75, 3.05) is 26.0 Å². The number of rotatable bonds is 5. The Kier molecular flexibility index (Phi) is 4.09. The monoisotopic (exact) mass is 268 g/mol. The SMILES string of the molecule is CN(CCCl)CCc1ccc2c(c1)oc(=O)n2C. The highest BCUT2D eigenvalue weighted by atomic mass is 35.5. The van der Waals surface area contributed by atoms with Crippen molar-refractivity contribution >= 4 is 22.7 Å². The fourth-order valence-electron chi connectivity index (χ4n) is 1.91. The molecule has 0 saturated heterocycles. The summed E-state index contributed by atoms with van der Waals surface area (Å²) in [4.78, 5) is 13.6. The van der Waals surface area contributed by atoms with E-state index in [1.165, 1.54) is 10.1 Å². The van der Waals surface area contributed by atoms with Crippen molar-refractivity contribution in [3.8, 4) is 0 Å². The van der Waals surface area contributed by atoms with Crippen molar-refractivity contribution in [3.63, 3.8) is 0 Å². The highest BCUT2D eigenvalue weighted by Crippen LogP contribution is 2.14. The molecule has 0 N–H and O–H groups in total. The van der Waals surface area contributed by atoms with Crippen molar-refractivity contribution in [2.45, 2.75) is 6.42 Å². The molecule has 18 heavy (non-hydrogen) atoms. The third-order valence-electron chi connectivity index (χ3n) is 3.11. The molecule has 0 aliphatic carbocycles. The molecule has 2 aromatic rings. The van der Waals surface area contributed by atoms with E-state index in [1.807, 2.05) is 25.2 Å². The minimum absolute atomic E-state index is 0.318. The van der Waals surface area contributed by atoms with Crippen molar-refractivity contribution < 1.29 is 4.42 Å². The first-order valence-corrected chi connectivity index (χ1v) is 6.48. The number of halogens is 1. The quantitative estimate of drug-likeness (QED) is 0.777. The third-order valence-corrected chi connectivity index (χ3v) is 3.27. The van der Waals surface area contributed by atoms with Crippen LogP contribution in [-0.4, -0.2) is 35.5 Å². The lowest BCUT2D eigenvalue weighted by Gasteiger charge is -2.14. The van der Waals surface area contributed by atoms with Crippen LogP contribution < -0.4 is 5.76 Å². The van der Waals surface area contributed by atoms with Gasteiger partial charge in [0, 0.05) is 26.0 Å². The number of aromatic nitrogens is 1. The fraction of sp³-hybridized carbons (Fsp3) is 0.462. The number of fused-ring (bicyclic) bond motifs is 1. The minimum atomic E-state index is -0.318. The lowest BCUT2D eigenvalue weighted by Crippen LogP contribution is -2.23. The molecule has 0 radical (unpaired) electrons. The van der Waals surface area contributed by atoms with E-state index in [1.54, 1.807) is 7.05 Å². The molecule has 98 valence electrons. The van der Waals surface area contributed by atoms with Crippen LogP contribution in [0.15, 0.2) is 27.4 Å². The highest BCUT2D eigenvalue weighted by Gasteiger charge is 2.06. The maximum absolute atomic E-state index is 11.4. The normalized spacial score (nSPS) is 11.6. The number of alkyl halides is 1. The summed E-state index contributed by atoms with van der Waals surface area (Å²) in [6.07, 6.45) is 0.919. The van der Waals surface area contributed by atoms with Crippen LogP contribution in [0.2, 0.25) is 0 Å². The highest BCUT2D eigenvalue weighted by molar-refractivity contribution is 6.18. The summed E-state index contributed by atoms with van der Waals surface area (Å²) >= 11 is 5.68. The van der Waals surface area contributed by atoms with E-state index < -0.39 is 0 Å². The van der Waals surface area contributed by atoms with E-state index in [0.29, 0.717) is 11.5 Å². The zero-order valence-electron chi connectivity index (χ0n) is 10.6. The smallest absolute Gasteiger partial charge is 0.408 e.